The summed E-state index contributed by atoms with van der Waals surface area (Å²) in [6.45, 7) is 6.71. The molecule has 1 atom stereocenters. The van der Waals surface area contributed by atoms with Gasteiger partial charge >= 0.3 is 0 Å². The summed E-state index contributed by atoms with van der Waals surface area (Å²) < 4.78 is 5.52. The number of nitrogens with one attached hydrogen (secondary N) is 1. The second-order valence-electron chi connectivity index (χ2n) is 5.61. The van der Waals surface area contributed by atoms with Crippen LogP contribution < -0.4 is 10.1 Å². The summed E-state index contributed by atoms with van der Waals surface area (Å²) in [5.41, 5.74) is 1.43. The van der Waals surface area contributed by atoms with E-state index in [1.165, 1.54) is 16.3 Å². The van der Waals surface area contributed by atoms with Crippen molar-refractivity contribution in [2.24, 2.45) is 0 Å². The van der Waals surface area contributed by atoms with Crippen LogP contribution >= 0.6 is 24.8 Å². The van der Waals surface area contributed by atoms with E-state index in [0.29, 0.717) is 6.04 Å². The van der Waals surface area contributed by atoms with Crippen LogP contribution in [0.5, 0.6) is 5.75 Å². The maximum Gasteiger partial charge on any atom is 0.126 e. The van der Waals surface area contributed by atoms with Crippen LogP contribution in [0.2, 0.25) is 0 Å². The molecule has 3 rings (SSSR count). The first-order valence-electron chi connectivity index (χ1n) is 7.85. The minimum absolute atomic E-state index is 0. The molecule has 1 aliphatic rings. The van der Waals surface area contributed by atoms with Crippen LogP contribution in [0.1, 0.15) is 24.9 Å². The second-order valence-corrected chi connectivity index (χ2v) is 5.61. The van der Waals surface area contributed by atoms with Gasteiger partial charge in [0.2, 0.25) is 0 Å². The average Bonchev–Trinajstić information content (AvgIpc) is 2.56. The first kappa shape index (κ1) is 20.0. The van der Waals surface area contributed by atoms with Gasteiger partial charge < -0.3 is 10.1 Å². The number of rotatable bonds is 4. The number of hydrogen-bond donors (Lipinski definition) is 1. The Kier molecular flexibility index (Phi) is 8.13. The normalized spacial score (nSPS) is 16.3. The number of piperazine rings is 1. The van der Waals surface area contributed by atoms with Crippen LogP contribution in [0.4, 0.5) is 0 Å². The van der Waals surface area contributed by atoms with Gasteiger partial charge in [0.05, 0.1) is 7.11 Å². The van der Waals surface area contributed by atoms with Gasteiger partial charge in [-0.25, -0.2) is 0 Å². The van der Waals surface area contributed by atoms with Crippen molar-refractivity contribution < 1.29 is 4.74 Å². The van der Waals surface area contributed by atoms with E-state index in [1.807, 2.05) is 0 Å². The fraction of sp³-hybridized carbons (Fsp3) is 0.444. The predicted octanol–water partition coefficient (Wildman–Crippen LogP) is 4.05. The zero-order valence-corrected chi connectivity index (χ0v) is 15.4. The van der Waals surface area contributed by atoms with E-state index in [1.54, 1.807) is 7.11 Å². The molecule has 3 nitrogen and oxygen atoms in total. The Labute approximate surface area is 151 Å². The van der Waals surface area contributed by atoms with Crippen molar-refractivity contribution in [3.63, 3.8) is 0 Å². The van der Waals surface area contributed by atoms with Gasteiger partial charge in [-0.15, -0.1) is 24.8 Å². The molecule has 2 aromatic rings. The highest BCUT2D eigenvalue weighted by atomic mass is 35.5. The third-order valence-corrected chi connectivity index (χ3v) is 4.48. The molecule has 0 aliphatic carbocycles. The molecule has 5 heteroatoms. The van der Waals surface area contributed by atoms with E-state index < -0.39 is 0 Å². The van der Waals surface area contributed by atoms with E-state index in [-0.39, 0.29) is 24.8 Å². The maximum atomic E-state index is 5.52. The van der Waals surface area contributed by atoms with Crippen LogP contribution in [0, 0.1) is 0 Å². The lowest BCUT2D eigenvalue weighted by Crippen LogP contribution is -2.45. The molecule has 1 fully saturated rings. The highest BCUT2D eigenvalue weighted by molar-refractivity contribution is 5.91. The molecule has 1 aliphatic heterocycles. The van der Waals surface area contributed by atoms with Crippen molar-refractivity contribution in [3.05, 3.63) is 42.0 Å². The van der Waals surface area contributed by atoms with Gasteiger partial charge in [-0.05, 0) is 23.4 Å². The molecular formula is C18H26Cl2N2O. The van der Waals surface area contributed by atoms with Gasteiger partial charge in [-0.2, -0.15) is 0 Å². The van der Waals surface area contributed by atoms with Crippen molar-refractivity contribution in [2.75, 3.05) is 33.3 Å². The van der Waals surface area contributed by atoms with Crippen molar-refractivity contribution in [1.82, 2.24) is 10.2 Å². The van der Waals surface area contributed by atoms with Gasteiger partial charge in [0, 0.05) is 37.6 Å². The van der Waals surface area contributed by atoms with E-state index in [2.05, 4.69) is 53.5 Å². The first-order chi connectivity index (χ1) is 10.3. The van der Waals surface area contributed by atoms with Gasteiger partial charge in [-0.3, -0.25) is 4.90 Å². The van der Waals surface area contributed by atoms with Gasteiger partial charge in [0.1, 0.15) is 5.75 Å². The highest BCUT2D eigenvalue weighted by Crippen LogP contribution is 2.35. The van der Waals surface area contributed by atoms with Crippen molar-refractivity contribution in [1.29, 1.82) is 0 Å². The Morgan fingerprint density at radius 3 is 2.30 bits per heavy atom. The van der Waals surface area contributed by atoms with E-state index in [4.69, 9.17) is 4.74 Å². The Bertz CT molecular complexity index is 615. The average molecular weight is 357 g/mol. The van der Waals surface area contributed by atoms with Crippen LogP contribution in [-0.4, -0.2) is 38.2 Å². The molecule has 1 N–H and O–H groups in total. The second kappa shape index (κ2) is 9.33. The summed E-state index contributed by atoms with van der Waals surface area (Å²) in [5.74, 6) is 0.963. The molecule has 0 amide bonds. The standard InChI is InChI=1S/C18H24N2O.2ClH/c1-3-17(20-12-10-19-11-13-20)15-8-9-18(21-2)16-7-5-4-6-14(15)16;;/h4-9,17,19H,3,10-13H2,1-2H3;2*1H/t17-;;/m0../s1. The van der Waals surface area contributed by atoms with Crippen molar-refractivity contribution >= 4 is 35.6 Å². The summed E-state index contributed by atoms with van der Waals surface area (Å²) in [5, 5.41) is 5.97. The molecular weight excluding hydrogens is 331 g/mol. The van der Waals surface area contributed by atoms with Crippen LogP contribution in [0.15, 0.2) is 36.4 Å². The molecule has 0 spiro atoms. The molecule has 128 valence electrons. The number of methoxy groups -OCH3 is 1. The lowest BCUT2D eigenvalue weighted by molar-refractivity contribution is 0.170. The summed E-state index contributed by atoms with van der Waals surface area (Å²) in [6.07, 6.45) is 1.14. The SMILES string of the molecule is CC[C@@H](c1ccc(OC)c2ccccc12)N1CCNCC1.Cl.Cl. The molecule has 0 bridgehead atoms. The first-order valence-corrected chi connectivity index (χ1v) is 7.85. The largest absolute Gasteiger partial charge is 0.496 e. The van der Waals surface area contributed by atoms with Gasteiger partial charge in [0.25, 0.3) is 0 Å². The number of nitrogens with zero attached hydrogens (tertiary/aromatic N) is 1. The van der Waals surface area contributed by atoms with Crippen molar-refractivity contribution in [3.8, 4) is 5.75 Å². The van der Waals surface area contributed by atoms with Crippen LogP contribution in [0.3, 0.4) is 0 Å². The Balaban J connectivity index is 0.00000132. The summed E-state index contributed by atoms with van der Waals surface area (Å²) >= 11 is 0. The van der Waals surface area contributed by atoms with Crippen LogP contribution in [-0.2, 0) is 0 Å². The number of hydrogen-bond acceptors (Lipinski definition) is 3. The summed E-state index contributed by atoms with van der Waals surface area (Å²) in [7, 11) is 1.75. The highest BCUT2D eigenvalue weighted by Gasteiger charge is 2.22. The zero-order valence-electron chi connectivity index (χ0n) is 13.7. The fourth-order valence-corrected chi connectivity index (χ4v) is 3.43. The smallest absolute Gasteiger partial charge is 0.126 e. The molecule has 1 heterocycles. The number of halogens is 2. The molecule has 1 saturated heterocycles. The molecule has 2 aromatic carbocycles. The van der Waals surface area contributed by atoms with Gasteiger partial charge in [0.15, 0.2) is 0 Å². The predicted molar refractivity (Wildman–Crippen MR) is 102 cm³/mol. The lowest BCUT2D eigenvalue weighted by Gasteiger charge is -2.35. The maximum absolute atomic E-state index is 5.52. The summed E-state index contributed by atoms with van der Waals surface area (Å²) in [6, 6.07) is 13.4. The lowest BCUT2D eigenvalue weighted by atomic mass is 9.95. The number of ether oxygens (including phenoxy) is 1. The molecule has 0 radical (unpaired) electrons. The Hall–Kier alpha value is -1.000. The Morgan fingerprint density at radius 2 is 1.70 bits per heavy atom. The minimum Gasteiger partial charge on any atom is -0.496 e. The minimum atomic E-state index is 0. The zero-order chi connectivity index (χ0) is 14.7. The monoisotopic (exact) mass is 356 g/mol. The number of benzene rings is 2. The third kappa shape index (κ3) is 4.10. The van der Waals surface area contributed by atoms with Crippen LogP contribution in [0.25, 0.3) is 10.8 Å². The van der Waals surface area contributed by atoms with Crippen molar-refractivity contribution in [2.45, 2.75) is 19.4 Å². The molecule has 0 aromatic heterocycles. The quantitative estimate of drug-likeness (QED) is 0.894. The molecule has 0 unspecified atom stereocenters. The Morgan fingerprint density at radius 1 is 1.04 bits per heavy atom. The molecule has 0 saturated carbocycles. The van der Waals surface area contributed by atoms with E-state index in [0.717, 1.165) is 38.3 Å². The topological polar surface area (TPSA) is 24.5 Å². The fourth-order valence-electron chi connectivity index (χ4n) is 3.43. The summed E-state index contributed by atoms with van der Waals surface area (Å²) in [4.78, 5) is 2.60. The van der Waals surface area contributed by atoms with E-state index in [9.17, 15) is 0 Å². The third-order valence-electron chi connectivity index (χ3n) is 4.48. The molecule has 23 heavy (non-hydrogen) atoms. The number of fused-ring (bicyclic) bond motifs is 1. The van der Waals surface area contributed by atoms with Gasteiger partial charge in [-0.1, -0.05) is 37.3 Å². The van der Waals surface area contributed by atoms with E-state index >= 15 is 0 Å².